The van der Waals surface area contributed by atoms with Crippen LogP contribution >= 0.6 is 0 Å². The molecule has 0 aromatic heterocycles. The van der Waals surface area contributed by atoms with Gasteiger partial charge in [-0.05, 0) is 22.6 Å². The van der Waals surface area contributed by atoms with Crippen LogP contribution in [0.3, 0.4) is 0 Å². The van der Waals surface area contributed by atoms with Crippen LogP contribution in [0.2, 0.25) is 0 Å². The van der Waals surface area contributed by atoms with E-state index in [-0.39, 0.29) is 23.1 Å². The Morgan fingerprint density at radius 1 is 1.14 bits per heavy atom. The number of nitrogens with zero attached hydrogens (tertiary/aromatic N) is 1. The summed E-state index contributed by atoms with van der Waals surface area (Å²) in [6.07, 6.45) is 0.248. The van der Waals surface area contributed by atoms with Crippen molar-refractivity contribution in [3.8, 4) is 0 Å². The molecule has 148 valence electrons. The molecule has 0 bridgehead atoms. The van der Waals surface area contributed by atoms with E-state index >= 15 is 0 Å². The smallest absolute Gasteiger partial charge is 0.328 e. The van der Waals surface area contributed by atoms with Crippen molar-refractivity contribution in [2.75, 3.05) is 7.11 Å². The number of nitro groups is 1. The maximum Gasteiger partial charge on any atom is 0.328 e. The Hall–Kier alpha value is -3.22. The molecule has 0 saturated carbocycles. The summed E-state index contributed by atoms with van der Waals surface area (Å²) in [7, 11) is 1.25. The number of ether oxygens (including phenoxy) is 1. The molecule has 0 aliphatic heterocycles. The van der Waals surface area contributed by atoms with Crippen LogP contribution in [-0.2, 0) is 21.4 Å². The summed E-state index contributed by atoms with van der Waals surface area (Å²) in [5.74, 6) is -1.16. The van der Waals surface area contributed by atoms with E-state index in [0.717, 1.165) is 11.1 Å². The minimum atomic E-state index is -0.905. The summed E-state index contributed by atoms with van der Waals surface area (Å²) in [6, 6.07) is 12.2. The second-order valence-corrected chi connectivity index (χ2v) is 7.51. The summed E-state index contributed by atoms with van der Waals surface area (Å²) < 4.78 is 4.80. The van der Waals surface area contributed by atoms with E-state index in [9.17, 15) is 19.7 Å². The molecule has 0 saturated heterocycles. The minimum Gasteiger partial charge on any atom is -0.467 e. The van der Waals surface area contributed by atoms with Crippen molar-refractivity contribution in [2.24, 2.45) is 0 Å². The number of non-ortho nitro benzene ring substituents is 1. The lowest BCUT2D eigenvalue weighted by Crippen LogP contribution is -2.43. The molecule has 0 radical (unpaired) electrons. The van der Waals surface area contributed by atoms with Gasteiger partial charge in [0.1, 0.15) is 6.04 Å². The molecule has 2 rings (SSSR count). The zero-order chi connectivity index (χ0) is 20.9. The van der Waals surface area contributed by atoms with Gasteiger partial charge in [0.05, 0.1) is 12.0 Å². The molecule has 0 spiro atoms. The maximum atomic E-state index is 12.5. The van der Waals surface area contributed by atoms with Gasteiger partial charge in [-0.25, -0.2) is 4.79 Å². The minimum absolute atomic E-state index is 0.0104. The summed E-state index contributed by atoms with van der Waals surface area (Å²) in [5, 5.41) is 13.5. The first-order valence-corrected chi connectivity index (χ1v) is 8.84. The van der Waals surface area contributed by atoms with Crippen LogP contribution in [0.4, 0.5) is 5.69 Å². The molecular formula is C21H24N2O5. The molecule has 2 aromatic rings. The van der Waals surface area contributed by atoms with E-state index in [4.69, 9.17) is 4.74 Å². The highest BCUT2D eigenvalue weighted by Gasteiger charge is 2.24. The second kappa shape index (κ2) is 8.65. The van der Waals surface area contributed by atoms with Crippen molar-refractivity contribution >= 4 is 17.6 Å². The first-order valence-electron chi connectivity index (χ1n) is 8.84. The lowest BCUT2D eigenvalue weighted by atomic mass is 9.86. The molecule has 0 aliphatic carbocycles. The molecule has 0 aliphatic rings. The van der Waals surface area contributed by atoms with Crippen LogP contribution in [0.25, 0.3) is 0 Å². The van der Waals surface area contributed by atoms with Gasteiger partial charge in [-0.2, -0.15) is 0 Å². The Labute approximate surface area is 163 Å². The summed E-state index contributed by atoms with van der Waals surface area (Å²) in [4.78, 5) is 34.9. The topological polar surface area (TPSA) is 98.5 Å². The molecule has 1 amide bonds. The van der Waals surface area contributed by atoms with E-state index in [1.807, 2.05) is 24.3 Å². The van der Waals surface area contributed by atoms with Gasteiger partial charge in [-0.3, -0.25) is 14.9 Å². The molecule has 1 atom stereocenters. The number of nitro benzene ring substituents is 1. The van der Waals surface area contributed by atoms with Gasteiger partial charge in [0.25, 0.3) is 11.6 Å². The molecular weight excluding hydrogens is 360 g/mol. The van der Waals surface area contributed by atoms with Crippen LogP contribution in [0.1, 0.15) is 42.3 Å². The van der Waals surface area contributed by atoms with Gasteiger partial charge < -0.3 is 10.1 Å². The molecule has 2 aromatic carbocycles. The van der Waals surface area contributed by atoms with E-state index in [2.05, 4.69) is 26.1 Å². The Morgan fingerprint density at radius 2 is 1.79 bits per heavy atom. The van der Waals surface area contributed by atoms with E-state index in [0.29, 0.717) is 0 Å². The summed E-state index contributed by atoms with van der Waals surface area (Å²) in [6.45, 7) is 6.33. The van der Waals surface area contributed by atoms with Gasteiger partial charge in [-0.1, -0.05) is 51.1 Å². The van der Waals surface area contributed by atoms with Gasteiger partial charge in [0.15, 0.2) is 0 Å². The van der Waals surface area contributed by atoms with Crippen molar-refractivity contribution in [1.82, 2.24) is 5.32 Å². The number of nitrogens with one attached hydrogen (secondary N) is 1. The molecule has 0 heterocycles. The van der Waals surface area contributed by atoms with Crippen LogP contribution in [0, 0.1) is 10.1 Å². The quantitative estimate of drug-likeness (QED) is 0.467. The number of esters is 1. The van der Waals surface area contributed by atoms with Gasteiger partial charge >= 0.3 is 5.97 Å². The third kappa shape index (κ3) is 5.39. The zero-order valence-corrected chi connectivity index (χ0v) is 16.4. The Bertz CT molecular complexity index is 869. The normalized spacial score (nSPS) is 12.1. The fraction of sp³-hybridized carbons (Fsp3) is 0.333. The number of benzene rings is 2. The molecule has 1 N–H and O–H groups in total. The monoisotopic (exact) mass is 384 g/mol. The predicted octanol–water partition coefficient (Wildman–Crippen LogP) is 3.41. The highest BCUT2D eigenvalue weighted by molar-refractivity contribution is 5.97. The van der Waals surface area contributed by atoms with Crippen molar-refractivity contribution in [2.45, 2.75) is 38.6 Å². The number of hydrogen-bond acceptors (Lipinski definition) is 5. The Kier molecular flexibility index (Phi) is 6.51. The SMILES string of the molecule is COC(=O)[C@H](Cc1ccc(C(C)(C)C)cc1)NC(=O)c1cccc([N+](=O)[O-])c1. The lowest BCUT2D eigenvalue weighted by molar-refractivity contribution is -0.384. The molecule has 0 unspecified atom stereocenters. The number of carbonyl (C=O) groups excluding carboxylic acids is 2. The van der Waals surface area contributed by atoms with Gasteiger partial charge in [-0.15, -0.1) is 0 Å². The standard InChI is InChI=1S/C21H24N2O5/c1-21(2,3)16-10-8-14(9-11-16)12-18(20(25)28-4)22-19(24)15-6-5-7-17(13-15)23(26)27/h5-11,13,18H,12H2,1-4H3,(H,22,24)/t18-/m0/s1. The average Bonchev–Trinajstić information content (AvgIpc) is 2.66. The van der Waals surface area contributed by atoms with E-state index < -0.39 is 22.8 Å². The zero-order valence-electron chi connectivity index (χ0n) is 16.4. The first kappa shape index (κ1) is 21.1. The largest absolute Gasteiger partial charge is 0.467 e. The Balaban J connectivity index is 2.18. The highest BCUT2D eigenvalue weighted by Crippen LogP contribution is 2.22. The first-order chi connectivity index (χ1) is 13.1. The summed E-state index contributed by atoms with van der Waals surface area (Å²) >= 11 is 0. The lowest BCUT2D eigenvalue weighted by Gasteiger charge is -2.20. The van der Waals surface area contributed by atoms with Crippen LogP contribution in [-0.4, -0.2) is 30.0 Å². The van der Waals surface area contributed by atoms with E-state index in [1.165, 1.54) is 31.4 Å². The van der Waals surface area contributed by atoms with Gasteiger partial charge in [0, 0.05) is 24.1 Å². The van der Waals surface area contributed by atoms with Crippen molar-refractivity contribution in [3.63, 3.8) is 0 Å². The number of rotatable bonds is 6. The predicted molar refractivity (Wildman–Crippen MR) is 105 cm³/mol. The number of amides is 1. The van der Waals surface area contributed by atoms with Crippen LogP contribution in [0.15, 0.2) is 48.5 Å². The van der Waals surface area contributed by atoms with E-state index in [1.54, 1.807) is 0 Å². The Morgan fingerprint density at radius 3 is 2.32 bits per heavy atom. The number of methoxy groups -OCH3 is 1. The maximum absolute atomic E-state index is 12.5. The van der Waals surface area contributed by atoms with Crippen LogP contribution in [0.5, 0.6) is 0 Å². The van der Waals surface area contributed by atoms with Crippen molar-refractivity contribution in [3.05, 3.63) is 75.3 Å². The van der Waals surface area contributed by atoms with Crippen LogP contribution < -0.4 is 5.32 Å². The van der Waals surface area contributed by atoms with Gasteiger partial charge in [0.2, 0.25) is 0 Å². The number of carbonyl (C=O) groups is 2. The average molecular weight is 384 g/mol. The third-order valence-electron chi connectivity index (χ3n) is 4.37. The fourth-order valence-electron chi connectivity index (χ4n) is 2.71. The molecule has 7 nitrogen and oxygen atoms in total. The third-order valence-corrected chi connectivity index (χ3v) is 4.37. The molecule has 0 fully saturated rings. The number of hydrogen-bond donors (Lipinski definition) is 1. The second-order valence-electron chi connectivity index (χ2n) is 7.51. The summed E-state index contributed by atoms with van der Waals surface area (Å²) in [5.41, 5.74) is 1.94. The molecule has 7 heteroatoms. The van der Waals surface area contributed by atoms with Crippen molar-refractivity contribution < 1.29 is 19.2 Å². The molecule has 28 heavy (non-hydrogen) atoms. The fourth-order valence-corrected chi connectivity index (χ4v) is 2.71. The highest BCUT2D eigenvalue weighted by atomic mass is 16.6. The van der Waals surface area contributed by atoms with Crippen molar-refractivity contribution in [1.29, 1.82) is 0 Å².